The minimum Gasteiger partial charge on any atom is -0.462 e. The third-order valence-corrected chi connectivity index (χ3v) is 1.52. The molecule has 0 spiro atoms. The van der Waals surface area contributed by atoms with E-state index in [4.69, 9.17) is 9.47 Å². The Labute approximate surface area is 61.8 Å². The molecule has 1 fully saturated rings. The molecule has 0 aromatic rings. The molecule has 0 aromatic heterocycles. The van der Waals surface area contributed by atoms with Crippen molar-refractivity contribution in [1.29, 1.82) is 0 Å². The summed E-state index contributed by atoms with van der Waals surface area (Å²) >= 11 is 0. The van der Waals surface area contributed by atoms with E-state index < -0.39 is 0 Å². The molecule has 0 radical (unpaired) electrons. The van der Waals surface area contributed by atoms with Gasteiger partial charge in [0.1, 0.15) is 12.7 Å². The summed E-state index contributed by atoms with van der Waals surface area (Å²) in [5.74, 6) is 0.717. The molecule has 1 saturated heterocycles. The summed E-state index contributed by atoms with van der Waals surface area (Å²) in [5, 5.41) is 0. The molecule has 0 saturated carbocycles. The van der Waals surface area contributed by atoms with Gasteiger partial charge in [0.25, 0.3) is 5.95 Å². The van der Waals surface area contributed by atoms with Crippen LogP contribution in [0.1, 0.15) is 26.7 Å². The Morgan fingerprint density at radius 2 is 2.40 bits per heavy atom. The second kappa shape index (κ2) is 3.49. The lowest BCUT2D eigenvalue weighted by atomic mass is 10.3. The maximum Gasteiger partial charge on any atom is 0.275 e. The van der Waals surface area contributed by atoms with Gasteiger partial charge in [-0.2, -0.15) is 0 Å². The summed E-state index contributed by atoms with van der Waals surface area (Å²) < 4.78 is 10.6. The van der Waals surface area contributed by atoms with E-state index in [0.29, 0.717) is 5.95 Å². The first-order chi connectivity index (χ1) is 4.86. The van der Waals surface area contributed by atoms with Gasteiger partial charge in [-0.1, -0.05) is 13.8 Å². The van der Waals surface area contributed by atoms with E-state index in [1.54, 1.807) is 0 Å². The second-order valence-electron chi connectivity index (χ2n) is 2.39. The normalized spacial score (nSPS) is 28.2. The van der Waals surface area contributed by atoms with Crippen LogP contribution in [0.25, 0.3) is 0 Å². The number of hydrogen-bond donors (Lipinski definition) is 0. The highest BCUT2D eigenvalue weighted by atomic mass is 16.7. The van der Waals surface area contributed by atoms with E-state index in [2.05, 4.69) is 13.8 Å². The predicted molar refractivity (Wildman–Crippen MR) is 39.5 cm³/mol. The molecule has 0 N–H and O–H groups in total. The van der Waals surface area contributed by atoms with Crippen LogP contribution in [-0.4, -0.2) is 12.7 Å². The third kappa shape index (κ3) is 1.66. The van der Waals surface area contributed by atoms with Crippen LogP contribution in [0.4, 0.5) is 0 Å². The first-order valence-electron chi connectivity index (χ1n) is 3.86. The molecule has 1 unspecified atom stereocenters. The van der Waals surface area contributed by atoms with Crippen LogP contribution >= 0.6 is 0 Å². The first kappa shape index (κ1) is 7.45. The zero-order chi connectivity index (χ0) is 7.40. The fourth-order valence-corrected chi connectivity index (χ4v) is 0.882. The molecule has 0 aromatic carbocycles. The molecule has 1 atom stereocenters. The van der Waals surface area contributed by atoms with Gasteiger partial charge in [-0.25, -0.2) is 0 Å². The molecule has 0 aliphatic carbocycles. The van der Waals surface area contributed by atoms with Crippen molar-refractivity contribution in [3.8, 4) is 0 Å². The number of hydrogen-bond acceptors (Lipinski definition) is 2. The van der Waals surface area contributed by atoms with E-state index in [-0.39, 0.29) is 6.10 Å². The standard InChI is InChI=1S/C8H14O2/c1-3-5-8-9-6-7(4-2)10-8/h5,7H,3-4,6H2,1-2H3. The fourth-order valence-electron chi connectivity index (χ4n) is 0.882. The van der Waals surface area contributed by atoms with Crippen LogP contribution in [0.5, 0.6) is 0 Å². The van der Waals surface area contributed by atoms with Gasteiger partial charge >= 0.3 is 0 Å². The zero-order valence-corrected chi connectivity index (χ0v) is 6.59. The predicted octanol–water partition coefficient (Wildman–Crippen LogP) is 2.06. The lowest BCUT2D eigenvalue weighted by Gasteiger charge is -2.00. The lowest BCUT2D eigenvalue weighted by Crippen LogP contribution is -2.05. The van der Waals surface area contributed by atoms with E-state index in [1.165, 1.54) is 0 Å². The average Bonchev–Trinajstić information content (AvgIpc) is 2.37. The minimum atomic E-state index is 0.290. The van der Waals surface area contributed by atoms with E-state index in [0.717, 1.165) is 19.4 Å². The van der Waals surface area contributed by atoms with E-state index >= 15 is 0 Å². The Morgan fingerprint density at radius 1 is 1.60 bits per heavy atom. The lowest BCUT2D eigenvalue weighted by molar-refractivity contribution is 0.138. The highest BCUT2D eigenvalue weighted by Gasteiger charge is 2.18. The highest BCUT2D eigenvalue weighted by molar-refractivity contribution is 4.88. The van der Waals surface area contributed by atoms with Crippen LogP contribution in [-0.2, 0) is 9.47 Å². The van der Waals surface area contributed by atoms with Gasteiger partial charge in [0.2, 0.25) is 0 Å². The van der Waals surface area contributed by atoms with E-state index in [9.17, 15) is 0 Å². The van der Waals surface area contributed by atoms with Crippen LogP contribution in [0.2, 0.25) is 0 Å². The molecule has 58 valence electrons. The maximum atomic E-state index is 5.39. The molecular weight excluding hydrogens is 128 g/mol. The Morgan fingerprint density at radius 3 is 2.90 bits per heavy atom. The molecule has 1 rings (SSSR count). The third-order valence-electron chi connectivity index (χ3n) is 1.52. The molecule has 0 amide bonds. The van der Waals surface area contributed by atoms with Crippen LogP contribution in [0, 0.1) is 0 Å². The average molecular weight is 142 g/mol. The molecule has 1 aliphatic rings. The van der Waals surface area contributed by atoms with Crippen molar-refractivity contribution in [2.45, 2.75) is 32.8 Å². The topological polar surface area (TPSA) is 18.5 Å². The quantitative estimate of drug-likeness (QED) is 0.587. The SMILES string of the molecule is CCC=C1OCC(CC)O1. The van der Waals surface area contributed by atoms with Crippen molar-refractivity contribution >= 4 is 0 Å². The monoisotopic (exact) mass is 142 g/mol. The highest BCUT2D eigenvalue weighted by Crippen LogP contribution is 2.17. The van der Waals surface area contributed by atoms with Crippen molar-refractivity contribution in [3.05, 3.63) is 12.0 Å². The van der Waals surface area contributed by atoms with Crippen molar-refractivity contribution in [2.24, 2.45) is 0 Å². The van der Waals surface area contributed by atoms with Gasteiger partial charge in [0.05, 0.1) is 0 Å². The molecule has 2 nitrogen and oxygen atoms in total. The maximum absolute atomic E-state index is 5.39. The van der Waals surface area contributed by atoms with Crippen LogP contribution in [0.15, 0.2) is 12.0 Å². The van der Waals surface area contributed by atoms with Gasteiger partial charge in [0, 0.05) is 0 Å². The van der Waals surface area contributed by atoms with Gasteiger partial charge < -0.3 is 9.47 Å². The summed E-state index contributed by atoms with van der Waals surface area (Å²) in [6.07, 6.45) is 4.26. The summed E-state index contributed by atoms with van der Waals surface area (Å²) in [4.78, 5) is 0. The molecule has 1 aliphatic heterocycles. The van der Waals surface area contributed by atoms with Gasteiger partial charge in [-0.3, -0.25) is 0 Å². The van der Waals surface area contributed by atoms with Gasteiger partial charge in [-0.05, 0) is 18.9 Å². The van der Waals surface area contributed by atoms with Crippen molar-refractivity contribution in [1.82, 2.24) is 0 Å². The molecule has 2 heteroatoms. The van der Waals surface area contributed by atoms with Crippen molar-refractivity contribution in [3.63, 3.8) is 0 Å². The molecule has 0 bridgehead atoms. The van der Waals surface area contributed by atoms with Crippen molar-refractivity contribution in [2.75, 3.05) is 6.61 Å². The summed E-state index contributed by atoms with van der Waals surface area (Å²) in [5.41, 5.74) is 0. The Balaban J connectivity index is 2.35. The van der Waals surface area contributed by atoms with Crippen molar-refractivity contribution < 1.29 is 9.47 Å². The number of ether oxygens (including phenoxy) is 2. The molecule has 1 heterocycles. The van der Waals surface area contributed by atoms with Crippen LogP contribution in [0.3, 0.4) is 0 Å². The fraction of sp³-hybridized carbons (Fsp3) is 0.750. The summed E-state index contributed by atoms with van der Waals surface area (Å²) in [6.45, 7) is 4.89. The second-order valence-corrected chi connectivity index (χ2v) is 2.39. The van der Waals surface area contributed by atoms with Crippen LogP contribution < -0.4 is 0 Å². The smallest absolute Gasteiger partial charge is 0.275 e. The zero-order valence-electron chi connectivity index (χ0n) is 6.59. The number of allylic oxidation sites excluding steroid dienone is 1. The molecular formula is C8H14O2. The van der Waals surface area contributed by atoms with Gasteiger partial charge in [-0.15, -0.1) is 0 Å². The van der Waals surface area contributed by atoms with Gasteiger partial charge in [0.15, 0.2) is 0 Å². The van der Waals surface area contributed by atoms with E-state index in [1.807, 2.05) is 6.08 Å². The summed E-state index contributed by atoms with van der Waals surface area (Å²) in [7, 11) is 0. The largest absolute Gasteiger partial charge is 0.462 e. The Bertz CT molecular complexity index is 129. The number of rotatable bonds is 2. The Hall–Kier alpha value is -0.660. The summed E-state index contributed by atoms with van der Waals surface area (Å²) in [6, 6.07) is 0. The Kier molecular flexibility index (Phi) is 2.60. The molecule has 10 heavy (non-hydrogen) atoms. The first-order valence-corrected chi connectivity index (χ1v) is 3.86. The minimum absolute atomic E-state index is 0.290.